The fourth-order valence-electron chi connectivity index (χ4n) is 1.35. The highest BCUT2D eigenvalue weighted by atomic mass is 16.3. The molecule has 1 aromatic rings. The third kappa shape index (κ3) is 4.55. The van der Waals surface area contributed by atoms with E-state index in [0.29, 0.717) is 12.1 Å². The predicted molar refractivity (Wildman–Crippen MR) is 68.0 cm³/mol. The summed E-state index contributed by atoms with van der Waals surface area (Å²) in [5, 5.41) is 14.2. The number of carbonyl (C=O) groups is 2. The summed E-state index contributed by atoms with van der Waals surface area (Å²) >= 11 is 0. The number of hydrogen-bond acceptors (Lipinski definition) is 3. The Hall–Kier alpha value is -1.88. The van der Waals surface area contributed by atoms with E-state index < -0.39 is 0 Å². The molecular formula is C13H18N2O3. The first-order valence-corrected chi connectivity index (χ1v) is 5.78. The van der Waals surface area contributed by atoms with Crippen molar-refractivity contribution in [2.75, 3.05) is 6.61 Å². The van der Waals surface area contributed by atoms with Gasteiger partial charge in [-0.25, -0.2) is 0 Å². The minimum Gasteiger partial charge on any atom is -0.394 e. The molecule has 0 spiro atoms. The number of hydrogen-bond donors (Lipinski definition) is 3. The molecule has 98 valence electrons. The zero-order valence-electron chi connectivity index (χ0n) is 10.6. The Bertz CT molecular complexity index is 415. The van der Waals surface area contributed by atoms with Crippen LogP contribution in [0.1, 0.15) is 29.8 Å². The van der Waals surface area contributed by atoms with Crippen molar-refractivity contribution in [2.24, 2.45) is 0 Å². The van der Waals surface area contributed by atoms with Crippen molar-refractivity contribution < 1.29 is 14.7 Å². The summed E-state index contributed by atoms with van der Waals surface area (Å²) in [5.41, 5.74) is 1.46. The van der Waals surface area contributed by atoms with Gasteiger partial charge in [-0.3, -0.25) is 9.59 Å². The lowest BCUT2D eigenvalue weighted by atomic mass is 10.1. The van der Waals surface area contributed by atoms with E-state index >= 15 is 0 Å². The van der Waals surface area contributed by atoms with Crippen molar-refractivity contribution in [3.63, 3.8) is 0 Å². The van der Waals surface area contributed by atoms with E-state index in [-0.39, 0.29) is 24.5 Å². The zero-order chi connectivity index (χ0) is 13.5. The van der Waals surface area contributed by atoms with E-state index in [1.54, 1.807) is 31.2 Å². The molecule has 0 heterocycles. The van der Waals surface area contributed by atoms with E-state index in [2.05, 4.69) is 10.6 Å². The minimum absolute atomic E-state index is 0.0893. The number of aliphatic hydroxyl groups is 1. The quantitative estimate of drug-likeness (QED) is 0.709. The van der Waals surface area contributed by atoms with Crippen LogP contribution in [0.25, 0.3) is 0 Å². The van der Waals surface area contributed by atoms with Crippen molar-refractivity contribution in [2.45, 2.75) is 26.4 Å². The van der Waals surface area contributed by atoms with Gasteiger partial charge in [0.25, 0.3) is 5.91 Å². The van der Waals surface area contributed by atoms with Crippen molar-refractivity contribution >= 4 is 11.8 Å². The van der Waals surface area contributed by atoms with E-state index in [4.69, 9.17) is 5.11 Å². The van der Waals surface area contributed by atoms with Crippen molar-refractivity contribution in [3.8, 4) is 0 Å². The molecule has 0 unspecified atom stereocenters. The maximum Gasteiger partial charge on any atom is 0.251 e. The lowest BCUT2D eigenvalue weighted by Crippen LogP contribution is -2.34. The summed E-state index contributed by atoms with van der Waals surface area (Å²) in [4.78, 5) is 22.4. The predicted octanol–water partition coefficient (Wildman–Crippen LogP) is 0.433. The van der Waals surface area contributed by atoms with Crippen LogP contribution in [0.3, 0.4) is 0 Å². The van der Waals surface area contributed by atoms with Gasteiger partial charge in [0, 0.05) is 25.1 Å². The van der Waals surface area contributed by atoms with Crippen LogP contribution in [0.2, 0.25) is 0 Å². The molecule has 0 aliphatic rings. The van der Waals surface area contributed by atoms with Crippen LogP contribution in [0.5, 0.6) is 0 Å². The number of benzene rings is 1. The molecule has 2 amide bonds. The lowest BCUT2D eigenvalue weighted by Gasteiger charge is -2.11. The smallest absolute Gasteiger partial charge is 0.251 e. The Morgan fingerprint density at radius 1 is 1.28 bits per heavy atom. The van der Waals surface area contributed by atoms with Gasteiger partial charge < -0.3 is 15.7 Å². The zero-order valence-corrected chi connectivity index (χ0v) is 10.6. The monoisotopic (exact) mass is 250 g/mol. The molecule has 1 atom stereocenters. The highest BCUT2D eigenvalue weighted by Gasteiger charge is 2.08. The molecule has 0 fully saturated rings. The molecular weight excluding hydrogens is 232 g/mol. The number of rotatable bonds is 5. The molecule has 1 aromatic carbocycles. The number of amides is 2. The lowest BCUT2D eigenvalue weighted by molar-refractivity contribution is -0.119. The molecule has 5 heteroatoms. The second-order valence-electron chi connectivity index (χ2n) is 4.16. The molecule has 18 heavy (non-hydrogen) atoms. The summed E-state index contributed by atoms with van der Waals surface area (Å²) in [6.07, 6.45) is 0. The van der Waals surface area contributed by atoms with Gasteiger partial charge in [-0.1, -0.05) is 12.1 Å². The number of aliphatic hydroxyl groups excluding tert-OH is 1. The van der Waals surface area contributed by atoms with Crippen LogP contribution >= 0.6 is 0 Å². The second-order valence-corrected chi connectivity index (χ2v) is 4.16. The fourth-order valence-corrected chi connectivity index (χ4v) is 1.35. The summed E-state index contributed by atoms with van der Waals surface area (Å²) in [5.74, 6) is -0.309. The van der Waals surface area contributed by atoms with Gasteiger partial charge in [-0.05, 0) is 24.6 Å². The maximum atomic E-state index is 11.7. The summed E-state index contributed by atoms with van der Waals surface area (Å²) < 4.78 is 0. The highest BCUT2D eigenvalue weighted by molar-refractivity contribution is 5.94. The first-order valence-electron chi connectivity index (χ1n) is 5.78. The number of carbonyl (C=O) groups excluding carboxylic acids is 2. The van der Waals surface area contributed by atoms with Gasteiger partial charge in [0.1, 0.15) is 0 Å². The van der Waals surface area contributed by atoms with E-state index in [0.717, 1.165) is 5.56 Å². The Balaban J connectivity index is 2.59. The third-order valence-electron chi connectivity index (χ3n) is 2.41. The fraction of sp³-hybridized carbons (Fsp3) is 0.385. The van der Waals surface area contributed by atoms with Gasteiger partial charge >= 0.3 is 0 Å². The maximum absolute atomic E-state index is 11.7. The molecule has 0 saturated carbocycles. The van der Waals surface area contributed by atoms with Gasteiger partial charge in [-0.2, -0.15) is 0 Å². The van der Waals surface area contributed by atoms with Gasteiger partial charge in [0.15, 0.2) is 0 Å². The Labute approximate surface area is 106 Å². The van der Waals surface area contributed by atoms with E-state index in [1.165, 1.54) is 6.92 Å². The highest BCUT2D eigenvalue weighted by Crippen LogP contribution is 2.04. The first kappa shape index (κ1) is 14.2. The van der Waals surface area contributed by atoms with Gasteiger partial charge in [0.2, 0.25) is 5.91 Å². The average molecular weight is 250 g/mol. The molecule has 0 aliphatic heterocycles. The molecule has 0 bridgehead atoms. The van der Waals surface area contributed by atoms with Crippen molar-refractivity contribution in [1.29, 1.82) is 0 Å². The summed E-state index contributed by atoms with van der Waals surface area (Å²) in [7, 11) is 0. The van der Waals surface area contributed by atoms with Crippen LogP contribution in [0.15, 0.2) is 24.3 Å². The van der Waals surface area contributed by atoms with Gasteiger partial charge in [-0.15, -0.1) is 0 Å². The van der Waals surface area contributed by atoms with Crippen molar-refractivity contribution in [3.05, 3.63) is 35.4 Å². The van der Waals surface area contributed by atoms with Gasteiger partial charge in [0.05, 0.1) is 6.61 Å². The standard InChI is InChI=1S/C13H18N2O3/c1-9(8-16)15-13(18)12-5-3-11(4-6-12)7-14-10(2)17/h3-6,9,16H,7-8H2,1-2H3,(H,14,17)(H,15,18)/t9-/m1/s1. The third-order valence-corrected chi connectivity index (χ3v) is 2.41. The largest absolute Gasteiger partial charge is 0.394 e. The molecule has 0 radical (unpaired) electrons. The van der Waals surface area contributed by atoms with Crippen molar-refractivity contribution in [1.82, 2.24) is 10.6 Å². The Morgan fingerprint density at radius 2 is 1.89 bits per heavy atom. The summed E-state index contributed by atoms with van der Waals surface area (Å²) in [6.45, 7) is 3.54. The van der Waals surface area contributed by atoms with E-state index in [1.807, 2.05) is 0 Å². The van der Waals surface area contributed by atoms with E-state index in [9.17, 15) is 9.59 Å². The van der Waals surface area contributed by atoms with Crippen LogP contribution in [0, 0.1) is 0 Å². The minimum atomic E-state index is -0.267. The molecule has 0 aliphatic carbocycles. The van der Waals surface area contributed by atoms with Crippen LogP contribution < -0.4 is 10.6 Å². The molecule has 1 rings (SSSR count). The SMILES string of the molecule is CC(=O)NCc1ccc(C(=O)N[C@H](C)CO)cc1. The Kier molecular flexibility index (Phi) is 5.32. The van der Waals surface area contributed by atoms with Crippen LogP contribution in [-0.4, -0.2) is 29.6 Å². The van der Waals surface area contributed by atoms with Crippen LogP contribution in [0.4, 0.5) is 0 Å². The average Bonchev–Trinajstić information content (AvgIpc) is 2.36. The first-order chi connectivity index (χ1) is 8.52. The topological polar surface area (TPSA) is 78.4 Å². The molecule has 5 nitrogen and oxygen atoms in total. The Morgan fingerprint density at radius 3 is 2.39 bits per heavy atom. The second kappa shape index (κ2) is 6.76. The molecule has 0 saturated heterocycles. The van der Waals surface area contributed by atoms with Crippen LogP contribution in [-0.2, 0) is 11.3 Å². The molecule has 0 aromatic heterocycles. The summed E-state index contributed by atoms with van der Waals surface area (Å²) in [6, 6.07) is 6.69. The molecule has 3 N–H and O–H groups in total. The number of nitrogens with one attached hydrogen (secondary N) is 2. The normalized spacial score (nSPS) is 11.7.